The minimum atomic E-state index is -0.453. The van der Waals surface area contributed by atoms with Gasteiger partial charge in [-0.25, -0.2) is 4.79 Å². The number of carbonyl (C=O) groups excluding carboxylic acids is 1. The molecule has 0 saturated carbocycles. The lowest BCUT2D eigenvalue weighted by molar-refractivity contribution is 0.0254. The lowest BCUT2D eigenvalue weighted by atomic mass is 10.1. The Kier molecular flexibility index (Phi) is 5.02. The summed E-state index contributed by atoms with van der Waals surface area (Å²) < 4.78 is 5.41. The van der Waals surface area contributed by atoms with Crippen LogP contribution in [0.4, 0.5) is 4.79 Å². The van der Waals surface area contributed by atoms with Gasteiger partial charge in [-0.15, -0.1) is 0 Å². The maximum Gasteiger partial charge on any atom is 0.410 e. The normalized spacial score (nSPS) is 18.6. The molecule has 0 bridgehead atoms. The van der Waals surface area contributed by atoms with Gasteiger partial charge in [-0.05, 0) is 26.3 Å². The lowest BCUT2D eigenvalue weighted by Crippen LogP contribution is -2.47. The highest BCUT2D eigenvalue weighted by Gasteiger charge is 2.24. The third kappa shape index (κ3) is 5.23. The van der Waals surface area contributed by atoms with Gasteiger partial charge in [-0.1, -0.05) is 42.5 Å². The second-order valence-corrected chi connectivity index (χ2v) is 6.29. The predicted octanol–water partition coefficient (Wildman–Crippen LogP) is 2.95. The fourth-order valence-electron chi connectivity index (χ4n) is 2.18. The first-order valence-corrected chi connectivity index (χ1v) is 7.36. The van der Waals surface area contributed by atoms with Gasteiger partial charge in [0, 0.05) is 25.7 Å². The summed E-state index contributed by atoms with van der Waals surface area (Å²) in [6.07, 6.45) is 3.87. The molecule has 0 aliphatic carbocycles. The molecular weight excluding hydrogens is 264 g/mol. The molecule has 1 aliphatic rings. The van der Waals surface area contributed by atoms with Crippen LogP contribution in [0, 0.1) is 0 Å². The van der Waals surface area contributed by atoms with Crippen LogP contribution in [0.15, 0.2) is 42.5 Å². The minimum absolute atomic E-state index is 0.159. The number of hydrogen-bond acceptors (Lipinski definition) is 3. The molecule has 4 heteroatoms. The fourth-order valence-corrected chi connectivity index (χ4v) is 2.18. The van der Waals surface area contributed by atoms with Crippen molar-refractivity contribution in [3.63, 3.8) is 0 Å². The third-order valence-electron chi connectivity index (χ3n) is 3.17. The standard InChI is InChI=1S/C17H24N2O2/c1-17(2,3)21-16(20)19-11-7-10-15(13-19)18-12-14-8-5-4-6-9-14/h4-10,15,18H,11-13H2,1-3H3. The maximum atomic E-state index is 12.1. The molecule has 1 unspecified atom stereocenters. The number of nitrogens with zero attached hydrogens (tertiary/aromatic N) is 1. The van der Waals surface area contributed by atoms with Gasteiger partial charge in [0.05, 0.1) is 0 Å². The number of amides is 1. The van der Waals surface area contributed by atoms with Crippen LogP contribution < -0.4 is 5.32 Å². The molecule has 2 rings (SSSR count). The Bertz CT molecular complexity index is 491. The van der Waals surface area contributed by atoms with Gasteiger partial charge in [0.25, 0.3) is 0 Å². The number of hydrogen-bond donors (Lipinski definition) is 1. The monoisotopic (exact) mass is 288 g/mol. The van der Waals surface area contributed by atoms with Crippen LogP contribution in [0.5, 0.6) is 0 Å². The molecule has 4 nitrogen and oxygen atoms in total. The average Bonchev–Trinajstić information content (AvgIpc) is 2.45. The van der Waals surface area contributed by atoms with Gasteiger partial charge < -0.3 is 15.0 Å². The molecule has 0 aromatic heterocycles. The average molecular weight is 288 g/mol. The maximum absolute atomic E-state index is 12.1. The summed E-state index contributed by atoms with van der Waals surface area (Å²) in [6.45, 7) is 7.69. The predicted molar refractivity (Wildman–Crippen MR) is 84.0 cm³/mol. The van der Waals surface area contributed by atoms with Gasteiger partial charge in [-0.2, -0.15) is 0 Å². The van der Waals surface area contributed by atoms with Crippen molar-refractivity contribution in [2.75, 3.05) is 13.1 Å². The Labute approximate surface area is 126 Å². The zero-order valence-corrected chi connectivity index (χ0v) is 13.0. The highest BCUT2D eigenvalue weighted by Crippen LogP contribution is 2.12. The molecule has 0 fully saturated rings. The zero-order valence-electron chi connectivity index (χ0n) is 13.0. The van der Waals surface area contributed by atoms with Gasteiger partial charge >= 0.3 is 6.09 Å². The second kappa shape index (κ2) is 6.76. The summed E-state index contributed by atoms with van der Waals surface area (Å²) in [5, 5.41) is 3.45. The van der Waals surface area contributed by atoms with Crippen molar-refractivity contribution in [3.8, 4) is 0 Å². The molecule has 1 heterocycles. The van der Waals surface area contributed by atoms with Crippen molar-refractivity contribution in [2.45, 2.75) is 39.0 Å². The Morgan fingerprint density at radius 3 is 2.71 bits per heavy atom. The van der Waals surface area contributed by atoms with Crippen LogP contribution in [0.2, 0.25) is 0 Å². The Hall–Kier alpha value is -1.81. The largest absolute Gasteiger partial charge is 0.444 e. The van der Waals surface area contributed by atoms with Crippen molar-refractivity contribution in [3.05, 3.63) is 48.0 Å². The first-order valence-electron chi connectivity index (χ1n) is 7.36. The Morgan fingerprint density at radius 2 is 2.05 bits per heavy atom. The minimum Gasteiger partial charge on any atom is -0.444 e. The molecule has 1 amide bonds. The van der Waals surface area contributed by atoms with Gasteiger partial charge in [0.1, 0.15) is 5.60 Å². The van der Waals surface area contributed by atoms with E-state index in [0.29, 0.717) is 13.1 Å². The van der Waals surface area contributed by atoms with E-state index >= 15 is 0 Å². The van der Waals surface area contributed by atoms with Crippen LogP contribution in [0.25, 0.3) is 0 Å². The smallest absolute Gasteiger partial charge is 0.410 e. The van der Waals surface area contributed by atoms with E-state index in [1.807, 2.05) is 45.0 Å². The molecule has 21 heavy (non-hydrogen) atoms. The third-order valence-corrected chi connectivity index (χ3v) is 3.17. The summed E-state index contributed by atoms with van der Waals surface area (Å²) in [6, 6.07) is 10.4. The summed E-state index contributed by atoms with van der Waals surface area (Å²) in [4.78, 5) is 13.8. The van der Waals surface area contributed by atoms with E-state index in [2.05, 4.69) is 23.5 Å². The highest BCUT2D eigenvalue weighted by molar-refractivity contribution is 5.68. The van der Waals surface area contributed by atoms with Crippen molar-refractivity contribution in [1.82, 2.24) is 10.2 Å². The van der Waals surface area contributed by atoms with Crippen LogP contribution in [0.3, 0.4) is 0 Å². The van der Waals surface area contributed by atoms with E-state index in [1.54, 1.807) is 4.90 Å². The zero-order chi connectivity index (χ0) is 15.3. The molecule has 114 valence electrons. The first-order chi connectivity index (χ1) is 9.94. The molecule has 0 saturated heterocycles. The molecule has 1 N–H and O–H groups in total. The summed E-state index contributed by atoms with van der Waals surface area (Å²) in [5.41, 5.74) is 0.783. The highest BCUT2D eigenvalue weighted by atomic mass is 16.6. The summed E-state index contributed by atoms with van der Waals surface area (Å²) in [5.74, 6) is 0. The van der Waals surface area contributed by atoms with Crippen LogP contribution in [-0.4, -0.2) is 35.7 Å². The Morgan fingerprint density at radius 1 is 1.33 bits per heavy atom. The Balaban J connectivity index is 1.85. The summed E-state index contributed by atoms with van der Waals surface area (Å²) >= 11 is 0. The quantitative estimate of drug-likeness (QED) is 0.869. The van der Waals surface area contributed by atoms with E-state index in [9.17, 15) is 4.79 Å². The number of ether oxygens (including phenoxy) is 1. The van der Waals surface area contributed by atoms with Crippen LogP contribution >= 0.6 is 0 Å². The van der Waals surface area contributed by atoms with Gasteiger partial charge in [0.15, 0.2) is 0 Å². The molecule has 1 aromatic rings. The first kappa shape index (κ1) is 15.6. The molecular formula is C17H24N2O2. The van der Waals surface area contributed by atoms with E-state index in [0.717, 1.165) is 6.54 Å². The molecule has 1 aliphatic heterocycles. The molecule has 1 aromatic carbocycles. The number of nitrogens with one attached hydrogen (secondary N) is 1. The summed E-state index contributed by atoms with van der Waals surface area (Å²) in [7, 11) is 0. The lowest BCUT2D eigenvalue weighted by Gasteiger charge is -2.31. The van der Waals surface area contributed by atoms with Crippen molar-refractivity contribution in [2.24, 2.45) is 0 Å². The van der Waals surface area contributed by atoms with E-state index < -0.39 is 5.60 Å². The van der Waals surface area contributed by atoms with E-state index in [-0.39, 0.29) is 12.1 Å². The van der Waals surface area contributed by atoms with Crippen molar-refractivity contribution in [1.29, 1.82) is 0 Å². The van der Waals surface area contributed by atoms with E-state index in [4.69, 9.17) is 4.74 Å². The van der Waals surface area contributed by atoms with Crippen molar-refractivity contribution < 1.29 is 9.53 Å². The molecule has 0 spiro atoms. The van der Waals surface area contributed by atoms with Gasteiger partial charge in [-0.3, -0.25) is 0 Å². The number of benzene rings is 1. The fraction of sp³-hybridized carbons (Fsp3) is 0.471. The molecule has 0 radical (unpaired) electrons. The SMILES string of the molecule is CC(C)(C)OC(=O)N1CC=CC(NCc2ccccc2)C1. The van der Waals surface area contributed by atoms with Crippen LogP contribution in [0.1, 0.15) is 26.3 Å². The topological polar surface area (TPSA) is 41.6 Å². The second-order valence-electron chi connectivity index (χ2n) is 6.29. The van der Waals surface area contributed by atoms with E-state index in [1.165, 1.54) is 5.56 Å². The molecule has 1 atom stereocenters. The van der Waals surface area contributed by atoms with Gasteiger partial charge in [0.2, 0.25) is 0 Å². The number of carbonyl (C=O) groups is 1. The van der Waals surface area contributed by atoms with Crippen LogP contribution in [-0.2, 0) is 11.3 Å². The number of rotatable bonds is 3. The van der Waals surface area contributed by atoms with Crippen molar-refractivity contribution >= 4 is 6.09 Å².